The molecule has 2 saturated heterocycles. The Hall–Kier alpha value is -1.26. The van der Waals surface area contributed by atoms with Gasteiger partial charge in [0.1, 0.15) is 5.60 Å². The highest BCUT2D eigenvalue weighted by atomic mass is 16.6. The zero-order valence-corrected chi connectivity index (χ0v) is 12.1. The molecule has 2 rings (SSSR count). The molecule has 0 aromatic heterocycles. The topological polar surface area (TPSA) is 49.9 Å². The second kappa shape index (κ2) is 5.39. The summed E-state index contributed by atoms with van der Waals surface area (Å²) in [4.78, 5) is 27.8. The van der Waals surface area contributed by atoms with Crippen molar-refractivity contribution in [2.24, 2.45) is 5.92 Å². The molecule has 0 bridgehead atoms. The largest absolute Gasteiger partial charge is 0.444 e. The minimum atomic E-state index is -0.478. The molecule has 2 aliphatic heterocycles. The van der Waals surface area contributed by atoms with E-state index >= 15 is 0 Å². The van der Waals surface area contributed by atoms with Gasteiger partial charge in [-0.3, -0.25) is 4.79 Å². The maximum atomic E-state index is 12.2. The molecule has 5 nitrogen and oxygen atoms in total. The van der Waals surface area contributed by atoms with Gasteiger partial charge in [0.05, 0.1) is 5.92 Å². The zero-order chi connectivity index (χ0) is 14.0. The molecule has 2 amide bonds. The predicted molar refractivity (Wildman–Crippen MR) is 71.7 cm³/mol. The van der Waals surface area contributed by atoms with Crippen LogP contribution in [0.3, 0.4) is 0 Å². The van der Waals surface area contributed by atoms with Crippen LogP contribution in [0, 0.1) is 5.92 Å². The van der Waals surface area contributed by atoms with Crippen molar-refractivity contribution >= 4 is 12.0 Å². The number of ether oxygens (including phenoxy) is 1. The van der Waals surface area contributed by atoms with Gasteiger partial charge in [0, 0.05) is 26.2 Å². The number of likely N-dealkylation sites (tertiary alicyclic amines) is 2. The van der Waals surface area contributed by atoms with E-state index in [0.29, 0.717) is 13.1 Å². The average molecular weight is 268 g/mol. The average Bonchev–Trinajstić information content (AvgIpc) is 2.98. The van der Waals surface area contributed by atoms with Crippen LogP contribution in [-0.2, 0) is 9.53 Å². The molecule has 0 aromatic rings. The molecule has 0 spiro atoms. The van der Waals surface area contributed by atoms with E-state index in [9.17, 15) is 9.59 Å². The minimum absolute atomic E-state index is 0.0365. The van der Waals surface area contributed by atoms with Gasteiger partial charge < -0.3 is 14.5 Å². The van der Waals surface area contributed by atoms with Gasteiger partial charge in [-0.2, -0.15) is 0 Å². The van der Waals surface area contributed by atoms with Gasteiger partial charge in [-0.25, -0.2) is 4.79 Å². The summed E-state index contributed by atoms with van der Waals surface area (Å²) in [7, 11) is 0. The zero-order valence-electron chi connectivity index (χ0n) is 12.1. The Labute approximate surface area is 114 Å². The number of rotatable bonds is 1. The highest BCUT2D eigenvalue weighted by Crippen LogP contribution is 2.23. The van der Waals surface area contributed by atoms with Crippen molar-refractivity contribution in [3.8, 4) is 0 Å². The molecule has 0 aliphatic carbocycles. The number of hydrogen-bond donors (Lipinski definition) is 0. The SMILES string of the molecule is CC(C)(C)OC(=O)N1CC[C@H](C(=O)N2CCCC2)C1. The molecule has 0 N–H and O–H groups in total. The predicted octanol–water partition coefficient (Wildman–Crippen LogP) is 1.87. The van der Waals surface area contributed by atoms with Gasteiger partial charge in [-0.15, -0.1) is 0 Å². The van der Waals surface area contributed by atoms with E-state index in [4.69, 9.17) is 4.74 Å². The van der Waals surface area contributed by atoms with Gasteiger partial charge in [0.25, 0.3) is 0 Å². The van der Waals surface area contributed by atoms with E-state index in [0.717, 1.165) is 32.4 Å². The van der Waals surface area contributed by atoms with Gasteiger partial charge in [0.2, 0.25) is 5.91 Å². The van der Waals surface area contributed by atoms with Gasteiger partial charge >= 0.3 is 6.09 Å². The van der Waals surface area contributed by atoms with Crippen LogP contribution in [0.4, 0.5) is 4.79 Å². The molecule has 1 atom stereocenters. The van der Waals surface area contributed by atoms with Crippen LogP contribution in [0.5, 0.6) is 0 Å². The third-order valence-electron chi connectivity index (χ3n) is 3.61. The fourth-order valence-corrected chi connectivity index (χ4v) is 2.65. The van der Waals surface area contributed by atoms with Gasteiger partial charge in [-0.05, 0) is 40.0 Å². The lowest BCUT2D eigenvalue weighted by molar-refractivity contribution is -0.133. The third-order valence-corrected chi connectivity index (χ3v) is 3.61. The summed E-state index contributed by atoms with van der Waals surface area (Å²) in [6.07, 6.45) is 2.67. The molecule has 5 heteroatoms. The van der Waals surface area contributed by atoms with Crippen molar-refractivity contribution in [2.75, 3.05) is 26.2 Å². The quantitative estimate of drug-likeness (QED) is 0.729. The fourth-order valence-electron chi connectivity index (χ4n) is 2.65. The Morgan fingerprint density at radius 1 is 1.05 bits per heavy atom. The smallest absolute Gasteiger partial charge is 0.410 e. The van der Waals surface area contributed by atoms with Crippen LogP contribution in [0.2, 0.25) is 0 Å². The Balaban J connectivity index is 1.85. The van der Waals surface area contributed by atoms with Crippen LogP contribution in [0.25, 0.3) is 0 Å². The second-order valence-electron chi connectivity index (χ2n) is 6.44. The van der Waals surface area contributed by atoms with Gasteiger partial charge in [-0.1, -0.05) is 0 Å². The molecule has 0 aromatic carbocycles. The first-order chi connectivity index (χ1) is 8.87. The van der Waals surface area contributed by atoms with E-state index < -0.39 is 5.60 Å². The molecule has 19 heavy (non-hydrogen) atoms. The van der Waals surface area contributed by atoms with E-state index in [1.54, 1.807) is 4.90 Å². The van der Waals surface area contributed by atoms with Crippen molar-refractivity contribution in [1.29, 1.82) is 0 Å². The summed E-state index contributed by atoms with van der Waals surface area (Å²) in [5, 5.41) is 0. The van der Waals surface area contributed by atoms with Crippen LogP contribution in [0.15, 0.2) is 0 Å². The number of nitrogens with zero attached hydrogens (tertiary/aromatic N) is 2. The minimum Gasteiger partial charge on any atom is -0.444 e. The fraction of sp³-hybridized carbons (Fsp3) is 0.857. The first-order valence-electron chi connectivity index (χ1n) is 7.13. The Morgan fingerprint density at radius 2 is 1.68 bits per heavy atom. The van der Waals surface area contributed by atoms with E-state index in [2.05, 4.69) is 0 Å². The highest BCUT2D eigenvalue weighted by molar-refractivity contribution is 5.81. The van der Waals surface area contributed by atoms with Crippen LogP contribution in [0.1, 0.15) is 40.0 Å². The molecule has 0 unspecified atom stereocenters. The lowest BCUT2D eigenvalue weighted by Gasteiger charge is -2.25. The van der Waals surface area contributed by atoms with Crippen molar-refractivity contribution < 1.29 is 14.3 Å². The van der Waals surface area contributed by atoms with Crippen LogP contribution >= 0.6 is 0 Å². The lowest BCUT2D eigenvalue weighted by atomic mass is 10.1. The van der Waals surface area contributed by atoms with Crippen molar-refractivity contribution in [1.82, 2.24) is 9.80 Å². The maximum Gasteiger partial charge on any atom is 0.410 e. The molecule has 2 heterocycles. The monoisotopic (exact) mass is 268 g/mol. The molecule has 2 fully saturated rings. The Kier molecular flexibility index (Phi) is 4.02. The molecule has 0 radical (unpaired) electrons. The summed E-state index contributed by atoms with van der Waals surface area (Å²) in [6, 6.07) is 0. The summed E-state index contributed by atoms with van der Waals surface area (Å²) in [5.74, 6) is 0.175. The summed E-state index contributed by atoms with van der Waals surface area (Å²) < 4.78 is 5.34. The van der Waals surface area contributed by atoms with E-state index in [1.165, 1.54) is 0 Å². The highest BCUT2D eigenvalue weighted by Gasteiger charge is 2.35. The van der Waals surface area contributed by atoms with Crippen molar-refractivity contribution in [2.45, 2.75) is 45.6 Å². The number of carbonyl (C=O) groups excluding carboxylic acids is 2. The lowest BCUT2D eigenvalue weighted by Crippen LogP contribution is -2.38. The van der Waals surface area contributed by atoms with Gasteiger partial charge in [0.15, 0.2) is 0 Å². The summed E-state index contributed by atoms with van der Waals surface area (Å²) >= 11 is 0. The van der Waals surface area contributed by atoms with Crippen molar-refractivity contribution in [3.63, 3.8) is 0 Å². The standard InChI is InChI=1S/C14H24N2O3/c1-14(2,3)19-13(18)16-9-6-11(10-16)12(17)15-7-4-5-8-15/h11H,4-10H2,1-3H3/t11-/m0/s1. The van der Waals surface area contributed by atoms with Crippen LogP contribution < -0.4 is 0 Å². The maximum absolute atomic E-state index is 12.2. The van der Waals surface area contributed by atoms with Crippen LogP contribution in [-0.4, -0.2) is 53.6 Å². The first-order valence-corrected chi connectivity index (χ1v) is 7.13. The molecular formula is C14H24N2O3. The summed E-state index contributed by atoms with van der Waals surface area (Å²) in [6.45, 7) is 8.45. The first kappa shape index (κ1) is 14.2. The molecule has 0 saturated carbocycles. The number of amides is 2. The molecule has 108 valence electrons. The van der Waals surface area contributed by atoms with E-state index in [-0.39, 0.29) is 17.9 Å². The number of hydrogen-bond acceptors (Lipinski definition) is 3. The normalized spacial score (nSPS) is 23.8. The van der Waals surface area contributed by atoms with Crippen molar-refractivity contribution in [3.05, 3.63) is 0 Å². The Bertz CT molecular complexity index is 356. The summed E-state index contributed by atoms with van der Waals surface area (Å²) in [5.41, 5.74) is -0.478. The third kappa shape index (κ3) is 3.61. The second-order valence-corrected chi connectivity index (χ2v) is 6.44. The molecular weight excluding hydrogens is 244 g/mol. The molecule has 2 aliphatic rings. The van der Waals surface area contributed by atoms with E-state index in [1.807, 2.05) is 25.7 Å². The Morgan fingerprint density at radius 3 is 2.26 bits per heavy atom. The number of carbonyl (C=O) groups is 2.